The number of hydrogen-bond donors (Lipinski definition) is 2. The Morgan fingerprint density at radius 2 is 1.78 bits per heavy atom. The minimum atomic E-state index is -0.768. The summed E-state index contributed by atoms with van der Waals surface area (Å²) in [7, 11) is 3.49. The van der Waals surface area contributed by atoms with Crippen LogP contribution in [0.2, 0.25) is 0 Å². The van der Waals surface area contributed by atoms with Crippen LogP contribution in [0, 0.1) is 0 Å². The molecule has 0 aliphatic carbocycles. The van der Waals surface area contributed by atoms with Crippen molar-refractivity contribution >= 4 is 28.9 Å². The highest BCUT2D eigenvalue weighted by molar-refractivity contribution is 6.39. The van der Waals surface area contributed by atoms with E-state index in [9.17, 15) is 9.59 Å². The van der Waals surface area contributed by atoms with Gasteiger partial charge in [0.15, 0.2) is 12.2 Å². The van der Waals surface area contributed by atoms with Crippen LogP contribution in [0.15, 0.2) is 84.0 Å². The largest absolute Gasteiger partial charge is 0.496 e. The molecule has 0 fully saturated rings. The van der Waals surface area contributed by atoms with Crippen molar-refractivity contribution in [2.24, 2.45) is 0 Å². The summed E-state index contributed by atoms with van der Waals surface area (Å²) >= 11 is 0. The topological polar surface area (TPSA) is 110 Å². The van der Waals surface area contributed by atoms with Gasteiger partial charge in [-0.15, -0.1) is 0 Å². The predicted molar refractivity (Wildman–Crippen MR) is 142 cm³/mol. The van der Waals surface area contributed by atoms with E-state index in [1.165, 1.54) is 13.5 Å². The van der Waals surface area contributed by atoms with Gasteiger partial charge in [0, 0.05) is 36.2 Å². The maximum Gasteiger partial charge on any atom is 0.313 e. The van der Waals surface area contributed by atoms with E-state index < -0.39 is 17.4 Å². The molecule has 0 unspecified atom stereocenters. The van der Waals surface area contributed by atoms with Crippen LogP contribution in [0.4, 0.5) is 17.1 Å². The summed E-state index contributed by atoms with van der Waals surface area (Å²) in [6.07, 6.45) is 6.98. The minimum Gasteiger partial charge on any atom is -0.496 e. The van der Waals surface area contributed by atoms with Crippen molar-refractivity contribution in [3.05, 3.63) is 85.1 Å². The van der Waals surface area contributed by atoms with Crippen LogP contribution in [-0.2, 0) is 16.0 Å². The molecule has 2 N–H and O–H groups in total. The summed E-state index contributed by atoms with van der Waals surface area (Å²) in [5, 5.41) is 5.45. The molecule has 9 nitrogen and oxygen atoms in total. The standard InChI is InChI=1S/C28H29N5O4/c1-28(2,15-19-7-10-21(11-8-19)33(3)22-6-5-13-29-16-22)32-27(35)26(34)31-20-9-12-23(24(14-20)36-4)25-17-30-18-37-25/h5-14,16-18H,15H2,1-4H3,(H,31,34)(H,32,35). The van der Waals surface area contributed by atoms with Crippen LogP contribution in [0.1, 0.15) is 19.4 Å². The van der Waals surface area contributed by atoms with Crippen molar-refractivity contribution < 1.29 is 18.7 Å². The van der Waals surface area contributed by atoms with E-state index in [0.29, 0.717) is 29.2 Å². The Morgan fingerprint density at radius 1 is 1.00 bits per heavy atom. The molecule has 4 rings (SSSR count). The molecule has 0 saturated heterocycles. The molecule has 4 aromatic rings. The lowest BCUT2D eigenvalue weighted by Crippen LogP contribution is -2.49. The number of aromatic nitrogens is 2. The zero-order valence-corrected chi connectivity index (χ0v) is 21.2. The van der Waals surface area contributed by atoms with E-state index in [0.717, 1.165) is 16.9 Å². The molecule has 190 valence electrons. The van der Waals surface area contributed by atoms with Crippen molar-refractivity contribution in [3.63, 3.8) is 0 Å². The first-order chi connectivity index (χ1) is 17.8. The number of amides is 2. The first-order valence-electron chi connectivity index (χ1n) is 11.7. The Bertz CT molecular complexity index is 1350. The number of rotatable bonds is 8. The third-order valence-corrected chi connectivity index (χ3v) is 5.82. The number of methoxy groups -OCH3 is 1. The van der Waals surface area contributed by atoms with E-state index in [1.54, 1.807) is 36.8 Å². The molecule has 0 atom stereocenters. The number of anilines is 3. The Labute approximate surface area is 215 Å². The van der Waals surface area contributed by atoms with Crippen LogP contribution >= 0.6 is 0 Å². The number of carbonyl (C=O) groups excluding carboxylic acids is 2. The molecule has 0 spiro atoms. The molecule has 0 aliphatic heterocycles. The fourth-order valence-electron chi connectivity index (χ4n) is 3.97. The molecule has 0 saturated carbocycles. The average Bonchev–Trinajstić information content (AvgIpc) is 3.43. The molecule has 2 aromatic carbocycles. The molecule has 2 heterocycles. The normalized spacial score (nSPS) is 11.0. The molecule has 0 aliphatic rings. The fraction of sp³-hybridized carbons (Fsp3) is 0.214. The van der Waals surface area contributed by atoms with Crippen molar-refractivity contribution in [1.29, 1.82) is 0 Å². The van der Waals surface area contributed by atoms with Gasteiger partial charge in [-0.3, -0.25) is 14.6 Å². The monoisotopic (exact) mass is 499 g/mol. The second-order valence-corrected chi connectivity index (χ2v) is 9.19. The van der Waals surface area contributed by atoms with Crippen LogP contribution in [0.5, 0.6) is 5.75 Å². The second-order valence-electron chi connectivity index (χ2n) is 9.19. The van der Waals surface area contributed by atoms with Crippen LogP contribution in [0.3, 0.4) is 0 Å². The Morgan fingerprint density at radius 3 is 2.43 bits per heavy atom. The van der Waals surface area contributed by atoms with Crippen LogP contribution in [0.25, 0.3) is 11.3 Å². The first kappa shape index (κ1) is 25.4. The van der Waals surface area contributed by atoms with Gasteiger partial charge in [0.05, 0.1) is 30.8 Å². The van der Waals surface area contributed by atoms with Gasteiger partial charge in [-0.2, -0.15) is 0 Å². The van der Waals surface area contributed by atoms with Gasteiger partial charge in [-0.05, 0) is 62.2 Å². The van der Waals surface area contributed by atoms with Gasteiger partial charge >= 0.3 is 11.8 Å². The molecular formula is C28H29N5O4. The number of oxazole rings is 1. The average molecular weight is 500 g/mol. The van der Waals surface area contributed by atoms with E-state index in [1.807, 2.05) is 62.2 Å². The van der Waals surface area contributed by atoms with Crippen LogP contribution < -0.4 is 20.3 Å². The van der Waals surface area contributed by atoms with E-state index in [2.05, 4.69) is 20.6 Å². The second kappa shape index (κ2) is 10.9. The van der Waals surface area contributed by atoms with Gasteiger partial charge in [0.25, 0.3) is 0 Å². The number of hydrogen-bond acceptors (Lipinski definition) is 7. The molecule has 37 heavy (non-hydrogen) atoms. The third-order valence-electron chi connectivity index (χ3n) is 5.82. The van der Waals surface area contributed by atoms with Gasteiger partial charge in [0.1, 0.15) is 5.75 Å². The van der Waals surface area contributed by atoms with Gasteiger partial charge in [0.2, 0.25) is 0 Å². The van der Waals surface area contributed by atoms with Gasteiger partial charge < -0.3 is 24.7 Å². The number of nitrogens with one attached hydrogen (secondary N) is 2. The van der Waals surface area contributed by atoms with Crippen molar-refractivity contribution in [2.75, 3.05) is 24.4 Å². The lowest BCUT2D eigenvalue weighted by Gasteiger charge is -2.26. The number of ether oxygens (including phenoxy) is 1. The summed E-state index contributed by atoms with van der Waals surface area (Å²) < 4.78 is 10.7. The Hall–Kier alpha value is -4.66. The third kappa shape index (κ3) is 6.32. The number of nitrogens with zero attached hydrogens (tertiary/aromatic N) is 3. The lowest BCUT2D eigenvalue weighted by atomic mass is 9.94. The highest BCUT2D eigenvalue weighted by Gasteiger charge is 2.25. The van der Waals surface area contributed by atoms with E-state index in [-0.39, 0.29) is 0 Å². The minimum absolute atomic E-state index is 0.423. The zero-order chi connectivity index (χ0) is 26.4. The fourth-order valence-corrected chi connectivity index (χ4v) is 3.97. The summed E-state index contributed by atoms with van der Waals surface area (Å²) in [5.74, 6) is -0.480. The lowest BCUT2D eigenvalue weighted by molar-refractivity contribution is -0.137. The molecular weight excluding hydrogens is 470 g/mol. The van der Waals surface area contributed by atoms with E-state index in [4.69, 9.17) is 9.15 Å². The Kier molecular flexibility index (Phi) is 7.52. The van der Waals surface area contributed by atoms with Crippen molar-refractivity contribution in [1.82, 2.24) is 15.3 Å². The highest BCUT2D eigenvalue weighted by Crippen LogP contribution is 2.32. The molecule has 2 amide bonds. The van der Waals surface area contributed by atoms with Gasteiger partial charge in [-0.1, -0.05) is 12.1 Å². The first-order valence-corrected chi connectivity index (χ1v) is 11.7. The highest BCUT2D eigenvalue weighted by atomic mass is 16.5. The SMILES string of the molecule is COc1cc(NC(=O)C(=O)NC(C)(C)Cc2ccc(N(C)c3cccnc3)cc2)ccc1-c1cnco1. The number of carbonyl (C=O) groups is 2. The molecule has 2 aromatic heterocycles. The quantitative estimate of drug-likeness (QED) is 0.341. The summed E-state index contributed by atoms with van der Waals surface area (Å²) in [4.78, 5) is 35.4. The van der Waals surface area contributed by atoms with Crippen molar-refractivity contribution in [3.8, 4) is 17.1 Å². The maximum absolute atomic E-state index is 12.7. The smallest absolute Gasteiger partial charge is 0.313 e. The predicted octanol–water partition coefficient (Wildman–Crippen LogP) is 4.59. The zero-order valence-electron chi connectivity index (χ0n) is 21.2. The summed E-state index contributed by atoms with van der Waals surface area (Å²) in [5.41, 5.74) is 3.48. The molecule has 9 heteroatoms. The number of pyridine rings is 1. The number of benzene rings is 2. The maximum atomic E-state index is 12.7. The van der Waals surface area contributed by atoms with E-state index >= 15 is 0 Å². The van der Waals surface area contributed by atoms with Crippen molar-refractivity contribution in [2.45, 2.75) is 25.8 Å². The summed E-state index contributed by atoms with van der Waals surface area (Å²) in [6, 6.07) is 17.0. The molecule has 0 bridgehead atoms. The molecule has 0 radical (unpaired) electrons. The summed E-state index contributed by atoms with van der Waals surface area (Å²) in [6.45, 7) is 3.76. The Balaban J connectivity index is 1.36. The van der Waals surface area contributed by atoms with Gasteiger partial charge in [-0.25, -0.2) is 4.98 Å². The van der Waals surface area contributed by atoms with Crippen LogP contribution in [-0.4, -0.2) is 41.5 Å².